The molecule has 0 fully saturated rings. The molecule has 1 aliphatic carbocycles. The maximum absolute atomic E-state index is 5.86. The summed E-state index contributed by atoms with van der Waals surface area (Å²) in [5.41, 5.74) is 2.57. The Morgan fingerprint density at radius 1 is 1.35 bits per heavy atom. The topological polar surface area (TPSA) is 73.1 Å². The van der Waals surface area contributed by atoms with Crippen molar-refractivity contribution < 1.29 is 4.74 Å². The van der Waals surface area contributed by atoms with E-state index in [-0.39, 0.29) is 0 Å². The van der Waals surface area contributed by atoms with Crippen LogP contribution in [0.2, 0.25) is 0 Å². The highest BCUT2D eigenvalue weighted by Crippen LogP contribution is 2.26. The molecule has 0 bridgehead atoms. The molecule has 3 N–H and O–H groups in total. The van der Waals surface area contributed by atoms with Gasteiger partial charge in [0.15, 0.2) is 0 Å². The highest BCUT2D eigenvalue weighted by atomic mass is 16.5. The van der Waals surface area contributed by atoms with E-state index >= 15 is 0 Å². The molecule has 2 atom stereocenters. The zero-order valence-corrected chi connectivity index (χ0v) is 12.3. The van der Waals surface area contributed by atoms with Gasteiger partial charge in [0.05, 0.1) is 6.61 Å². The van der Waals surface area contributed by atoms with Crippen molar-refractivity contribution in [2.75, 3.05) is 12.0 Å². The van der Waals surface area contributed by atoms with E-state index in [9.17, 15) is 0 Å². The maximum atomic E-state index is 5.86. The lowest BCUT2D eigenvalue weighted by molar-refractivity contribution is 0.192. The summed E-state index contributed by atoms with van der Waals surface area (Å²) in [6.45, 7) is 5.06. The van der Waals surface area contributed by atoms with Crippen LogP contribution in [0.3, 0.4) is 0 Å². The summed E-state index contributed by atoms with van der Waals surface area (Å²) in [4.78, 5) is 8.75. The van der Waals surface area contributed by atoms with Gasteiger partial charge < -0.3 is 10.2 Å². The Morgan fingerprint density at radius 3 is 2.85 bits per heavy atom. The molecule has 0 aliphatic heterocycles. The Morgan fingerprint density at radius 2 is 2.15 bits per heavy atom. The van der Waals surface area contributed by atoms with Crippen LogP contribution >= 0.6 is 0 Å². The predicted molar refractivity (Wildman–Crippen MR) is 80.4 cm³/mol. The van der Waals surface area contributed by atoms with Crippen molar-refractivity contribution in [2.24, 2.45) is 17.7 Å². The number of hydrogen-bond donors (Lipinski definition) is 2. The van der Waals surface area contributed by atoms with Gasteiger partial charge in [-0.15, -0.1) is 0 Å². The smallest absolute Gasteiger partial charge is 0.218 e. The minimum atomic E-state index is 0.555. The number of aryl methyl sites for hydroxylation is 1. The van der Waals surface area contributed by atoms with E-state index in [2.05, 4.69) is 41.4 Å². The Balaban J connectivity index is 2.00. The zero-order chi connectivity index (χ0) is 14.4. The van der Waals surface area contributed by atoms with Gasteiger partial charge in [0.2, 0.25) is 5.88 Å². The van der Waals surface area contributed by atoms with Gasteiger partial charge in [-0.1, -0.05) is 26.0 Å². The Hall–Kier alpha value is -1.62. The van der Waals surface area contributed by atoms with E-state index in [4.69, 9.17) is 10.6 Å². The van der Waals surface area contributed by atoms with Crippen molar-refractivity contribution in [3.63, 3.8) is 0 Å². The normalized spacial score (nSPS) is 21.8. The molecule has 20 heavy (non-hydrogen) atoms. The van der Waals surface area contributed by atoms with Gasteiger partial charge in [0, 0.05) is 12.5 Å². The van der Waals surface area contributed by atoms with Crippen LogP contribution in [-0.2, 0) is 6.42 Å². The number of aromatic nitrogens is 2. The van der Waals surface area contributed by atoms with Gasteiger partial charge in [-0.05, 0) is 31.1 Å². The lowest BCUT2D eigenvalue weighted by atomic mass is 9.85. The predicted octanol–water partition coefficient (Wildman–Crippen LogP) is 2.70. The fourth-order valence-electron chi connectivity index (χ4n) is 2.39. The summed E-state index contributed by atoms with van der Waals surface area (Å²) in [6.07, 6.45) is 8.53. The first-order valence-electron chi connectivity index (χ1n) is 7.35. The minimum absolute atomic E-state index is 0.555. The van der Waals surface area contributed by atoms with Gasteiger partial charge in [-0.2, -0.15) is 4.98 Å². The monoisotopic (exact) mass is 276 g/mol. The van der Waals surface area contributed by atoms with E-state index in [1.54, 1.807) is 6.07 Å². The molecule has 1 heterocycles. The summed E-state index contributed by atoms with van der Waals surface area (Å²) < 4.78 is 5.86. The number of rotatable bonds is 6. The number of nitrogens with one attached hydrogen (secondary N) is 1. The third-order valence-corrected chi connectivity index (χ3v) is 3.73. The second kappa shape index (κ2) is 7.24. The maximum Gasteiger partial charge on any atom is 0.218 e. The van der Waals surface area contributed by atoms with Crippen molar-refractivity contribution in [1.82, 2.24) is 9.97 Å². The van der Waals surface area contributed by atoms with Crippen LogP contribution < -0.4 is 16.0 Å². The van der Waals surface area contributed by atoms with Crippen molar-refractivity contribution >= 4 is 5.82 Å². The largest absolute Gasteiger partial charge is 0.477 e. The number of nitrogens with zero attached hydrogens (tertiary/aromatic N) is 2. The average Bonchev–Trinajstić information content (AvgIpc) is 2.46. The van der Waals surface area contributed by atoms with Gasteiger partial charge in [-0.25, -0.2) is 10.8 Å². The minimum Gasteiger partial charge on any atom is -0.477 e. The van der Waals surface area contributed by atoms with Gasteiger partial charge >= 0.3 is 0 Å². The first-order chi connectivity index (χ1) is 9.72. The SMILES string of the molecule is CCCc1nc(NN)cc(OCC2CC=CCC2C)n1. The van der Waals surface area contributed by atoms with Gasteiger partial charge in [0.25, 0.3) is 0 Å². The van der Waals surface area contributed by atoms with Crippen LogP contribution in [-0.4, -0.2) is 16.6 Å². The van der Waals surface area contributed by atoms with Crippen molar-refractivity contribution in [2.45, 2.75) is 39.5 Å². The van der Waals surface area contributed by atoms with Crippen LogP contribution in [0.4, 0.5) is 5.82 Å². The van der Waals surface area contributed by atoms with Crippen molar-refractivity contribution in [3.05, 3.63) is 24.0 Å². The molecule has 2 unspecified atom stereocenters. The quantitative estimate of drug-likeness (QED) is 0.475. The summed E-state index contributed by atoms with van der Waals surface area (Å²) in [6, 6.07) is 1.75. The van der Waals surface area contributed by atoms with Crippen LogP contribution in [0, 0.1) is 11.8 Å². The lowest BCUT2D eigenvalue weighted by Crippen LogP contribution is -2.21. The first-order valence-corrected chi connectivity index (χ1v) is 7.35. The molecule has 1 aromatic rings. The van der Waals surface area contributed by atoms with E-state index in [0.717, 1.165) is 31.5 Å². The van der Waals surface area contributed by atoms with E-state index in [1.165, 1.54) is 0 Å². The second-order valence-electron chi connectivity index (χ2n) is 5.39. The van der Waals surface area contributed by atoms with Gasteiger partial charge in [0.1, 0.15) is 11.6 Å². The number of nitrogen functional groups attached to an aromatic ring is 1. The molecule has 5 nitrogen and oxygen atoms in total. The second-order valence-corrected chi connectivity index (χ2v) is 5.39. The van der Waals surface area contributed by atoms with Crippen molar-refractivity contribution in [1.29, 1.82) is 0 Å². The van der Waals surface area contributed by atoms with Crippen LogP contribution in [0.5, 0.6) is 5.88 Å². The lowest BCUT2D eigenvalue weighted by Gasteiger charge is -2.25. The number of allylic oxidation sites excluding steroid dienone is 2. The van der Waals surface area contributed by atoms with Crippen LogP contribution in [0.15, 0.2) is 18.2 Å². The Labute approximate surface area is 120 Å². The molecule has 0 aromatic carbocycles. The molecule has 0 saturated carbocycles. The molecule has 2 rings (SSSR count). The molecule has 0 saturated heterocycles. The number of anilines is 1. The number of hydrazine groups is 1. The number of nitrogens with two attached hydrogens (primary N) is 1. The summed E-state index contributed by atoms with van der Waals surface area (Å²) >= 11 is 0. The van der Waals surface area contributed by atoms with E-state index in [1.807, 2.05) is 0 Å². The summed E-state index contributed by atoms with van der Waals surface area (Å²) in [7, 11) is 0. The third-order valence-electron chi connectivity index (χ3n) is 3.73. The average molecular weight is 276 g/mol. The molecule has 1 aromatic heterocycles. The molecule has 110 valence electrons. The van der Waals surface area contributed by atoms with E-state index in [0.29, 0.717) is 30.1 Å². The third kappa shape index (κ3) is 3.93. The highest BCUT2D eigenvalue weighted by Gasteiger charge is 2.19. The zero-order valence-electron chi connectivity index (χ0n) is 12.3. The molecule has 0 radical (unpaired) electrons. The van der Waals surface area contributed by atoms with Crippen molar-refractivity contribution in [3.8, 4) is 5.88 Å². The molecule has 1 aliphatic rings. The van der Waals surface area contributed by atoms with Gasteiger partial charge in [-0.3, -0.25) is 0 Å². The Bertz CT molecular complexity index is 461. The number of ether oxygens (including phenoxy) is 1. The molecule has 0 spiro atoms. The first kappa shape index (κ1) is 14.8. The van der Waals surface area contributed by atoms with E-state index < -0.39 is 0 Å². The van der Waals surface area contributed by atoms with Crippen LogP contribution in [0.25, 0.3) is 0 Å². The molecule has 5 heteroatoms. The fourth-order valence-corrected chi connectivity index (χ4v) is 2.39. The highest BCUT2D eigenvalue weighted by molar-refractivity contribution is 5.37. The fraction of sp³-hybridized carbons (Fsp3) is 0.600. The standard InChI is InChI=1S/C15H24N4O/c1-3-6-13-17-14(19-16)9-15(18-13)20-10-12-8-5-4-7-11(12)2/h4-5,9,11-12H,3,6-8,10,16H2,1-2H3,(H,17,18,19). The Kier molecular flexibility index (Phi) is 5.35. The molecular weight excluding hydrogens is 252 g/mol. The molecule has 0 amide bonds. The summed E-state index contributed by atoms with van der Waals surface area (Å²) in [5.74, 6) is 8.64. The summed E-state index contributed by atoms with van der Waals surface area (Å²) in [5, 5.41) is 0. The van der Waals surface area contributed by atoms with Crippen LogP contribution in [0.1, 0.15) is 38.9 Å². The molecular formula is C15H24N4O. The number of hydrogen-bond acceptors (Lipinski definition) is 5.